The fourth-order valence-electron chi connectivity index (χ4n) is 2.27. The number of carbonyl (C=O) groups excluding carboxylic acids is 1. The summed E-state index contributed by atoms with van der Waals surface area (Å²) in [5.74, 6) is -0.225. The Bertz CT molecular complexity index is 313. The van der Waals surface area contributed by atoms with Crippen LogP contribution in [0.5, 0.6) is 0 Å². The van der Waals surface area contributed by atoms with Crippen molar-refractivity contribution in [2.75, 3.05) is 33.4 Å². The second-order valence-electron chi connectivity index (χ2n) is 4.78. The Balaban J connectivity index is 2.35. The number of nitrogens with zero attached hydrogens (tertiary/aromatic N) is 1. The molecule has 0 spiro atoms. The summed E-state index contributed by atoms with van der Waals surface area (Å²) in [6.45, 7) is -0.736. The number of rotatable bonds is 6. The highest BCUT2D eigenvalue weighted by Crippen LogP contribution is 2.20. The van der Waals surface area contributed by atoms with E-state index in [1.165, 1.54) is 0 Å². The van der Waals surface area contributed by atoms with Crippen molar-refractivity contribution in [2.45, 2.75) is 37.6 Å². The van der Waals surface area contributed by atoms with Crippen LogP contribution in [-0.4, -0.2) is 62.5 Å². The molecule has 0 aromatic rings. The molecule has 1 rings (SSSR count). The summed E-state index contributed by atoms with van der Waals surface area (Å²) in [4.78, 5) is 13.6. The molecule has 1 aliphatic heterocycles. The van der Waals surface area contributed by atoms with E-state index in [1.54, 1.807) is 12.0 Å². The minimum Gasteiger partial charge on any atom is -0.381 e. The summed E-state index contributed by atoms with van der Waals surface area (Å²) >= 11 is 0. The first kappa shape index (κ1) is 17.2. The number of methoxy groups -OCH3 is 1. The molecule has 5 nitrogen and oxygen atoms in total. The van der Waals surface area contributed by atoms with Crippen molar-refractivity contribution in [2.24, 2.45) is 5.73 Å². The molecule has 8 heteroatoms. The molecule has 1 saturated heterocycles. The minimum atomic E-state index is -4.36. The first-order valence-corrected chi connectivity index (χ1v) is 6.54. The molecule has 1 fully saturated rings. The second kappa shape index (κ2) is 7.80. The van der Waals surface area contributed by atoms with Crippen molar-refractivity contribution in [1.29, 1.82) is 0 Å². The highest BCUT2D eigenvalue weighted by molar-refractivity contribution is 5.76. The zero-order valence-electron chi connectivity index (χ0n) is 11.5. The average Bonchev–Trinajstić information content (AvgIpc) is 2.41. The lowest BCUT2D eigenvalue weighted by Gasteiger charge is -2.38. The van der Waals surface area contributed by atoms with Crippen LogP contribution in [-0.2, 0) is 14.3 Å². The molecule has 2 unspecified atom stereocenters. The van der Waals surface area contributed by atoms with E-state index >= 15 is 0 Å². The smallest absolute Gasteiger partial charge is 0.381 e. The van der Waals surface area contributed by atoms with Crippen LogP contribution >= 0.6 is 0 Å². The van der Waals surface area contributed by atoms with Gasteiger partial charge in [0.25, 0.3) is 0 Å². The molecule has 0 aromatic carbocycles. The molecule has 0 bridgehead atoms. The number of likely N-dealkylation sites (tertiary alicyclic amines) is 1. The van der Waals surface area contributed by atoms with Crippen molar-refractivity contribution in [1.82, 2.24) is 4.90 Å². The molecule has 2 atom stereocenters. The van der Waals surface area contributed by atoms with Crippen LogP contribution in [0.1, 0.15) is 19.3 Å². The van der Waals surface area contributed by atoms with Crippen LogP contribution in [0.15, 0.2) is 0 Å². The summed E-state index contributed by atoms with van der Waals surface area (Å²) in [5.41, 5.74) is 5.63. The van der Waals surface area contributed by atoms with Crippen molar-refractivity contribution in [3.8, 4) is 0 Å². The van der Waals surface area contributed by atoms with Crippen molar-refractivity contribution in [3.05, 3.63) is 0 Å². The molecule has 1 heterocycles. The third kappa shape index (κ3) is 5.64. The largest absolute Gasteiger partial charge is 0.411 e. The first-order chi connectivity index (χ1) is 9.37. The van der Waals surface area contributed by atoms with Crippen LogP contribution in [0, 0.1) is 0 Å². The van der Waals surface area contributed by atoms with Crippen LogP contribution in [0.3, 0.4) is 0 Å². The first-order valence-electron chi connectivity index (χ1n) is 6.54. The maximum atomic E-state index is 12.0. The van der Waals surface area contributed by atoms with Gasteiger partial charge in [0, 0.05) is 26.2 Å². The van der Waals surface area contributed by atoms with E-state index < -0.39 is 12.8 Å². The highest BCUT2D eigenvalue weighted by Gasteiger charge is 2.31. The zero-order chi connectivity index (χ0) is 15.2. The fourth-order valence-corrected chi connectivity index (χ4v) is 2.27. The van der Waals surface area contributed by atoms with Crippen molar-refractivity contribution >= 4 is 5.91 Å². The minimum absolute atomic E-state index is 0.0652. The van der Waals surface area contributed by atoms with Crippen molar-refractivity contribution < 1.29 is 27.4 Å². The van der Waals surface area contributed by atoms with Gasteiger partial charge in [0.1, 0.15) is 6.61 Å². The molecule has 0 aromatic heterocycles. The van der Waals surface area contributed by atoms with Crippen molar-refractivity contribution in [3.63, 3.8) is 0 Å². The summed E-state index contributed by atoms with van der Waals surface area (Å²) in [5, 5.41) is 0. The van der Waals surface area contributed by atoms with E-state index in [0.717, 1.165) is 0 Å². The van der Waals surface area contributed by atoms with Gasteiger partial charge in [0.15, 0.2) is 0 Å². The molecule has 2 N–H and O–H groups in total. The molecular formula is C12H21F3N2O3. The number of halogens is 3. The fraction of sp³-hybridized carbons (Fsp3) is 0.917. The maximum Gasteiger partial charge on any atom is 0.411 e. The predicted octanol–water partition coefficient (Wildman–Crippen LogP) is 0.920. The number of alkyl halides is 3. The van der Waals surface area contributed by atoms with Crippen LogP contribution in [0.2, 0.25) is 0 Å². The van der Waals surface area contributed by atoms with E-state index in [-0.39, 0.29) is 31.1 Å². The number of hydrogen-bond acceptors (Lipinski definition) is 4. The predicted molar refractivity (Wildman–Crippen MR) is 66.1 cm³/mol. The van der Waals surface area contributed by atoms with Gasteiger partial charge < -0.3 is 20.1 Å². The number of amides is 1. The van der Waals surface area contributed by atoms with Crippen LogP contribution in [0.25, 0.3) is 0 Å². The van der Waals surface area contributed by atoms with Gasteiger partial charge in [0.2, 0.25) is 5.91 Å². The standard InChI is InChI=1S/C12H21F3N2O3/c1-19-10-2-4-17(9(6-10)7-16)11(18)3-5-20-8-12(13,14)15/h9-10H,2-8,16H2,1H3. The van der Waals surface area contributed by atoms with Gasteiger partial charge in [-0.15, -0.1) is 0 Å². The summed E-state index contributed by atoms with van der Waals surface area (Å²) < 4.78 is 45.3. The lowest BCUT2D eigenvalue weighted by atomic mass is 9.99. The molecule has 0 saturated carbocycles. The van der Waals surface area contributed by atoms with E-state index in [2.05, 4.69) is 4.74 Å². The number of carbonyl (C=O) groups is 1. The third-order valence-corrected chi connectivity index (χ3v) is 3.32. The van der Waals surface area contributed by atoms with E-state index in [1.807, 2.05) is 0 Å². The molecule has 20 heavy (non-hydrogen) atoms. The Hall–Kier alpha value is -0.860. The molecule has 1 aliphatic rings. The monoisotopic (exact) mass is 298 g/mol. The Morgan fingerprint density at radius 1 is 1.45 bits per heavy atom. The molecule has 0 radical (unpaired) electrons. The lowest BCUT2D eigenvalue weighted by Crippen LogP contribution is -2.51. The number of hydrogen-bond donors (Lipinski definition) is 1. The van der Waals surface area contributed by atoms with Gasteiger partial charge >= 0.3 is 6.18 Å². The van der Waals surface area contributed by atoms with Crippen LogP contribution in [0.4, 0.5) is 13.2 Å². The molecule has 1 amide bonds. The summed E-state index contributed by atoms with van der Waals surface area (Å²) in [6.07, 6.45) is -2.98. The van der Waals surface area contributed by atoms with Gasteiger partial charge in [-0.05, 0) is 12.8 Å². The zero-order valence-corrected chi connectivity index (χ0v) is 11.5. The number of ether oxygens (including phenoxy) is 2. The summed E-state index contributed by atoms with van der Waals surface area (Å²) in [7, 11) is 1.61. The van der Waals surface area contributed by atoms with Crippen LogP contribution < -0.4 is 5.73 Å². The average molecular weight is 298 g/mol. The Kier molecular flexibility index (Phi) is 6.70. The Morgan fingerprint density at radius 3 is 2.70 bits per heavy atom. The SMILES string of the molecule is COC1CCN(C(=O)CCOCC(F)(F)F)C(CN)C1. The quantitative estimate of drug-likeness (QED) is 0.741. The normalized spacial score (nSPS) is 23.9. The van der Waals surface area contributed by atoms with Gasteiger partial charge in [0.05, 0.1) is 19.1 Å². The Labute approximate surface area is 116 Å². The lowest BCUT2D eigenvalue weighted by molar-refractivity contribution is -0.175. The summed E-state index contributed by atoms with van der Waals surface area (Å²) in [6, 6.07) is -0.121. The van der Waals surface area contributed by atoms with Gasteiger partial charge in [-0.25, -0.2) is 0 Å². The van der Waals surface area contributed by atoms with E-state index in [0.29, 0.717) is 25.9 Å². The van der Waals surface area contributed by atoms with Gasteiger partial charge in [-0.2, -0.15) is 13.2 Å². The molecular weight excluding hydrogens is 277 g/mol. The molecule has 0 aliphatic carbocycles. The molecule has 118 valence electrons. The van der Waals surface area contributed by atoms with E-state index in [4.69, 9.17) is 10.5 Å². The van der Waals surface area contributed by atoms with E-state index in [9.17, 15) is 18.0 Å². The van der Waals surface area contributed by atoms with Gasteiger partial charge in [-0.1, -0.05) is 0 Å². The number of piperidine rings is 1. The second-order valence-corrected chi connectivity index (χ2v) is 4.78. The topological polar surface area (TPSA) is 64.8 Å². The third-order valence-electron chi connectivity index (χ3n) is 3.32. The maximum absolute atomic E-state index is 12.0. The van der Waals surface area contributed by atoms with Gasteiger partial charge in [-0.3, -0.25) is 4.79 Å². The Morgan fingerprint density at radius 2 is 2.15 bits per heavy atom. The highest BCUT2D eigenvalue weighted by atomic mass is 19.4. The number of nitrogens with two attached hydrogens (primary N) is 1.